The minimum atomic E-state index is 0.700. The molecule has 0 aliphatic heterocycles. The fraction of sp³-hybridized carbons (Fsp3) is 0. The Bertz CT molecular complexity index is 3110. The highest BCUT2D eigenvalue weighted by Crippen LogP contribution is 2.43. The number of benzene rings is 8. The third kappa shape index (κ3) is 4.73. The molecule has 0 atom stereocenters. The number of para-hydroxylation sites is 1. The molecular weight excluding hydrogens is 645 g/mol. The van der Waals surface area contributed by atoms with E-state index in [1.54, 1.807) is 6.20 Å². The zero-order chi connectivity index (χ0) is 34.9. The van der Waals surface area contributed by atoms with Crippen molar-refractivity contribution in [2.24, 2.45) is 0 Å². The minimum absolute atomic E-state index is 0.700. The van der Waals surface area contributed by atoms with Crippen molar-refractivity contribution >= 4 is 54.1 Å². The van der Waals surface area contributed by atoms with Crippen LogP contribution in [0.1, 0.15) is 0 Å². The highest BCUT2D eigenvalue weighted by atomic mass is 15.0. The van der Waals surface area contributed by atoms with E-state index in [-0.39, 0.29) is 0 Å². The van der Waals surface area contributed by atoms with Gasteiger partial charge in [0.15, 0.2) is 5.82 Å². The van der Waals surface area contributed by atoms with Gasteiger partial charge in [-0.2, -0.15) is 0 Å². The van der Waals surface area contributed by atoms with Gasteiger partial charge in [0, 0.05) is 45.5 Å². The van der Waals surface area contributed by atoms with Gasteiger partial charge in [-0.15, -0.1) is 0 Å². The topological polar surface area (TPSA) is 43.6 Å². The van der Waals surface area contributed by atoms with Crippen molar-refractivity contribution in [3.63, 3.8) is 0 Å². The van der Waals surface area contributed by atoms with Crippen LogP contribution >= 0.6 is 0 Å². The third-order valence-corrected chi connectivity index (χ3v) is 10.6. The molecule has 0 aliphatic carbocycles. The lowest BCUT2D eigenvalue weighted by atomic mass is 9.92. The van der Waals surface area contributed by atoms with E-state index >= 15 is 0 Å². The van der Waals surface area contributed by atoms with Crippen LogP contribution in [0.4, 0.5) is 0 Å². The molecule has 246 valence electrons. The summed E-state index contributed by atoms with van der Waals surface area (Å²) >= 11 is 0. The molecule has 0 amide bonds. The van der Waals surface area contributed by atoms with E-state index in [1.807, 2.05) is 30.5 Å². The van der Waals surface area contributed by atoms with Crippen molar-refractivity contribution in [1.82, 2.24) is 19.5 Å². The quantitative estimate of drug-likeness (QED) is 0.171. The second-order valence-electron chi connectivity index (χ2n) is 13.7. The number of hydrogen-bond donors (Lipinski definition) is 0. The first-order valence-corrected chi connectivity index (χ1v) is 17.9. The third-order valence-electron chi connectivity index (χ3n) is 10.6. The summed E-state index contributed by atoms with van der Waals surface area (Å²) in [4.78, 5) is 14.5. The molecule has 4 nitrogen and oxygen atoms in total. The Labute approximate surface area is 305 Å². The summed E-state index contributed by atoms with van der Waals surface area (Å²) in [6.07, 6.45) is 3.69. The zero-order valence-corrected chi connectivity index (χ0v) is 28.6. The first kappa shape index (κ1) is 29.5. The van der Waals surface area contributed by atoms with Crippen LogP contribution in [-0.2, 0) is 0 Å². The Morgan fingerprint density at radius 3 is 1.79 bits per heavy atom. The van der Waals surface area contributed by atoms with Gasteiger partial charge in [-0.25, -0.2) is 9.97 Å². The van der Waals surface area contributed by atoms with Crippen LogP contribution in [0.3, 0.4) is 0 Å². The summed E-state index contributed by atoms with van der Waals surface area (Å²) in [7, 11) is 0. The van der Waals surface area contributed by atoms with Crippen molar-refractivity contribution in [3.05, 3.63) is 182 Å². The van der Waals surface area contributed by atoms with Crippen LogP contribution in [0.2, 0.25) is 0 Å². The van der Waals surface area contributed by atoms with Gasteiger partial charge in [-0.3, -0.25) is 4.98 Å². The lowest BCUT2D eigenvalue weighted by molar-refractivity contribution is 1.17. The maximum absolute atomic E-state index is 5.11. The van der Waals surface area contributed by atoms with Gasteiger partial charge in [-0.05, 0) is 79.8 Å². The summed E-state index contributed by atoms with van der Waals surface area (Å²) in [6.45, 7) is 0. The fourth-order valence-electron chi connectivity index (χ4n) is 8.15. The molecule has 0 radical (unpaired) electrons. The molecule has 4 heteroatoms. The molecule has 0 aliphatic rings. The van der Waals surface area contributed by atoms with E-state index in [9.17, 15) is 0 Å². The van der Waals surface area contributed by atoms with Crippen molar-refractivity contribution in [2.45, 2.75) is 0 Å². The smallest absolute Gasteiger partial charge is 0.160 e. The predicted octanol–water partition coefficient (Wildman–Crippen LogP) is 12.5. The molecule has 0 N–H and O–H groups in total. The fourth-order valence-corrected chi connectivity index (χ4v) is 8.15. The maximum Gasteiger partial charge on any atom is 0.160 e. The Morgan fingerprint density at radius 2 is 1.04 bits per heavy atom. The summed E-state index contributed by atoms with van der Waals surface area (Å²) in [5, 5.41) is 10.3. The van der Waals surface area contributed by atoms with Gasteiger partial charge >= 0.3 is 0 Å². The maximum atomic E-state index is 5.11. The molecule has 0 spiro atoms. The molecule has 0 bridgehead atoms. The van der Waals surface area contributed by atoms with Gasteiger partial charge in [0.05, 0.1) is 22.4 Å². The summed E-state index contributed by atoms with van der Waals surface area (Å²) in [5.41, 5.74) is 10.5. The highest BCUT2D eigenvalue weighted by Gasteiger charge is 2.19. The van der Waals surface area contributed by atoms with E-state index in [0.717, 1.165) is 44.9 Å². The predicted molar refractivity (Wildman–Crippen MR) is 220 cm³/mol. The monoisotopic (exact) mass is 674 g/mol. The number of hydrogen-bond acceptors (Lipinski definition) is 3. The van der Waals surface area contributed by atoms with E-state index in [2.05, 4.69) is 155 Å². The molecule has 0 saturated carbocycles. The zero-order valence-electron chi connectivity index (χ0n) is 28.6. The van der Waals surface area contributed by atoms with Gasteiger partial charge in [0.2, 0.25) is 0 Å². The van der Waals surface area contributed by atoms with Crippen molar-refractivity contribution < 1.29 is 0 Å². The van der Waals surface area contributed by atoms with Crippen LogP contribution in [0, 0.1) is 0 Å². The molecule has 0 unspecified atom stereocenters. The SMILES string of the molecule is c1ccc(-c2nc(-c3ccc(-c4cccnc4)cc3)cc(-c3ccc(-n4c5ccccc5c5c6ccc7cccc8ccc(cc54)c6c87)cc3)n2)cc1. The van der Waals surface area contributed by atoms with E-state index in [1.165, 1.54) is 54.1 Å². The Kier molecular flexibility index (Phi) is 6.52. The standard InChI is InChI=1S/C49H30N4/c1-2-8-36(9-3-1)49-51-42(32-17-15-31(16-18-32)38-12-7-27-50-30-38)29-43(52-49)33-21-24-39(25-22-33)53-44-14-5-4-13-40(44)48-41-26-23-35-11-6-10-34-19-20-37(28-45(48)53)47(41)46(34)35/h1-30H. The van der Waals surface area contributed by atoms with Crippen LogP contribution in [-0.4, -0.2) is 19.5 Å². The first-order valence-electron chi connectivity index (χ1n) is 17.9. The van der Waals surface area contributed by atoms with Crippen LogP contribution in [0.15, 0.2) is 182 Å². The summed E-state index contributed by atoms with van der Waals surface area (Å²) < 4.78 is 2.41. The average Bonchev–Trinajstić information content (AvgIpc) is 3.57. The number of fused-ring (bicyclic) bond motifs is 4. The Hall–Kier alpha value is -7.17. The summed E-state index contributed by atoms with van der Waals surface area (Å²) in [6, 6.07) is 60.6. The van der Waals surface area contributed by atoms with Crippen LogP contribution in [0.25, 0.3) is 105 Å². The molecule has 3 heterocycles. The van der Waals surface area contributed by atoms with Gasteiger partial charge in [-0.1, -0.05) is 133 Å². The molecule has 53 heavy (non-hydrogen) atoms. The second-order valence-corrected chi connectivity index (χ2v) is 13.7. The number of rotatable bonds is 5. The Morgan fingerprint density at radius 1 is 0.377 bits per heavy atom. The Balaban J connectivity index is 1.06. The largest absolute Gasteiger partial charge is 0.309 e. The van der Waals surface area contributed by atoms with E-state index < -0.39 is 0 Å². The summed E-state index contributed by atoms with van der Waals surface area (Å²) in [5.74, 6) is 0.700. The molecule has 11 aromatic rings. The molecule has 8 aromatic carbocycles. The molecule has 0 fully saturated rings. The van der Waals surface area contributed by atoms with Crippen molar-refractivity contribution in [1.29, 1.82) is 0 Å². The molecule has 3 aromatic heterocycles. The van der Waals surface area contributed by atoms with Gasteiger partial charge < -0.3 is 4.57 Å². The van der Waals surface area contributed by atoms with E-state index in [4.69, 9.17) is 9.97 Å². The molecule has 11 rings (SSSR count). The van der Waals surface area contributed by atoms with Crippen molar-refractivity contribution in [3.8, 4) is 50.7 Å². The van der Waals surface area contributed by atoms with E-state index in [0.29, 0.717) is 5.82 Å². The van der Waals surface area contributed by atoms with Gasteiger partial charge in [0.25, 0.3) is 0 Å². The average molecular weight is 675 g/mol. The second kappa shape index (κ2) is 11.7. The number of pyridine rings is 1. The molecular formula is C49H30N4. The highest BCUT2D eigenvalue weighted by molar-refractivity contribution is 6.33. The van der Waals surface area contributed by atoms with Crippen LogP contribution in [0.5, 0.6) is 0 Å². The number of nitrogens with zero attached hydrogens (tertiary/aromatic N) is 4. The molecule has 0 saturated heterocycles. The van der Waals surface area contributed by atoms with Crippen LogP contribution < -0.4 is 0 Å². The normalized spacial score (nSPS) is 11.8. The lowest BCUT2D eigenvalue weighted by Crippen LogP contribution is -1.97. The first-order chi connectivity index (χ1) is 26.3. The van der Waals surface area contributed by atoms with Gasteiger partial charge in [0.1, 0.15) is 0 Å². The van der Waals surface area contributed by atoms with Crippen molar-refractivity contribution in [2.75, 3.05) is 0 Å². The lowest BCUT2D eigenvalue weighted by Gasteiger charge is -2.14. The minimum Gasteiger partial charge on any atom is -0.309 e. The number of aromatic nitrogens is 4.